The molecule has 0 bridgehead atoms. The molecule has 1 unspecified atom stereocenters. The molecule has 3 aromatic rings. The zero-order valence-corrected chi connectivity index (χ0v) is 16.7. The van der Waals surface area contributed by atoms with Crippen LogP contribution in [0.2, 0.25) is 0 Å². The summed E-state index contributed by atoms with van der Waals surface area (Å²) in [4.78, 5) is 12.5. The van der Waals surface area contributed by atoms with E-state index >= 15 is 0 Å². The molecule has 0 spiro atoms. The number of amides is 1. The lowest BCUT2D eigenvalue weighted by atomic mass is 10.2. The molecule has 146 valence electrons. The van der Waals surface area contributed by atoms with Crippen LogP contribution in [0.5, 0.6) is 5.75 Å². The van der Waals surface area contributed by atoms with Crippen molar-refractivity contribution >= 4 is 17.7 Å². The van der Waals surface area contributed by atoms with E-state index in [1.54, 1.807) is 0 Å². The summed E-state index contributed by atoms with van der Waals surface area (Å²) in [7, 11) is 0. The van der Waals surface area contributed by atoms with E-state index < -0.39 is 0 Å². The highest BCUT2D eigenvalue weighted by atomic mass is 32.2. The van der Waals surface area contributed by atoms with E-state index in [0.29, 0.717) is 36.4 Å². The van der Waals surface area contributed by atoms with Crippen LogP contribution in [0.25, 0.3) is 11.5 Å². The third kappa shape index (κ3) is 5.13. The quantitative estimate of drug-likeness (QED) is 0.542. The van der Waals surface area contributed by atoms with E-state index in [4.69, 9.17) is 9.15 Å². The first-order chi connectivity index (χ1) is 13.7. The van der Waals surface area contributed by atoms with Gasteiger partial charge in [0.05, 0.1) is 17.4 Å². The summed E-state index contributed by atoms with van der Waals surface area (Å²) in [5, 5.41) is 11.2. The Hall–Kier alpha value is -2.80. The number of hydrogen-bond donors (Lipinski definition) is 1. The molecule has 0 radical (unpaired) electrons. The Kier molecular flexibility index (Phi) is 7.08. The summed E-state index contributed by atoms with van der Waals surface area (Å²) < 4.78 is 11.4. The first kappa shape index (κ1) is 19.9. The van der Waals surface area contributed by atoms with Crippen LogP contribution in [0, 0.1) is 0 Å². The average molecular weight is 398 g/mol. The number of aromatic nitrogens is 2. The zero-order chi connectivity index (χ0) is 19.8. The largest absolute Gasteiger partial charge is 0.493 e. The fourth-order valence-electron chi connectivity index (χ4n) is 2.63. The minimum Gasteiger partial charge on any atom is -0.493 e. The van der Waals surface area contributed by atoms with Crippen LogP contribution in [0.15, 0.2) is 64.2 Å². The molecule has 2 aromatic carbocycles. The molecule has 0 aliphatic carbocycles. The average Bonchev–Trinajstić information content (AvgIpc) is 3.20. The van der Waals surface area contributed by atoms with E-state index in [-0.39, 0.29) is 11.2 Å². The molecule has 1 N–H and O–H groups in total. The molecule has 0 aliphatic heterocycles. The summed E-state index contributed by atoms with van der Waals surface area (Å²) in [5.74, 6) is 1.02. The molecule has 7 heteroatoms. The molecule has 6 nitrogen and oxygen atoms in total. The van der Waals surface area contributed by atoms with Gasteiger partial charge in [-0.15, -0.1) is 10.2 Å². The predicted octanol–water partition coefficient (Wildman–Crippen LogP) is 4.32. The van der Waals surface area contributed by atoms with E-state index in [9.17, 15) is 4.79 Å². The van der Waals surface area contributed by atoms with Crippen molar-refractivity contribution in [2.45, 2.75) is 37.3 Å². The maximum Gasteiger partial charge on any atom is 0.277 e. The van der Waals surface area contributed by atoms with Gasteiger partial charge in [0, 0.05) is 6.54 Å². The highest BCUT2D eigenvalue weighted by molar-refractivity contribution is 8.00. The lowest BCUT2D eigenvalue weighted by Gasteiger charge is -2.12. The van der Waals surface area contributed by atoms with Gasteiger partial charge >= 0.3 is 0 Å². The monoisotopic (exact) mass is 397 g/mol. The van der Waals surface area contributed by atoms with Crippen molar-refractivity contribution in [2.24, 2.45) is 0 Å². The van der Waals surface area contributed by atoms with Crippen molar-refractivity contribution < 1.29 is 13.9 Å². The summed E-state index contributed by atoms with van der Waals surface area (Å²) in [6.07, 6.45) is 0.651. The number of benzene rings is 2. The number of ether oxygens (including phenoxy) is 1. The third-order valence-corrected chi connectivity index (χ3v) is 5.24. The molecule has 1 amide bonds. The van der Waals surface area contributed by atoms with Crippen molar-refractivity contribution in [1.29, 1.82) is 0 Å². The second-order valence-corrected chi connectivity index (χ2v) is 7.17. The zero-order valence-electron chi connectivity index (χ0n) is 15.9. The maximum atomic E-state index is 12.5. The number of nitrogens with zero attached hydrogens (tertiary/aromatic N) is 2. The van der Waals surface area contributed by atoms with Crippen molar-refractivity contribution in [3.63, 3.8) is 0 Å². The summed E-state index contributed by atoms with van der Waals surface area (Å²) in [6.45, 7) is 4.92. The number of carbonyl (C=O) groups excluding carboxylic acids is 1. The molecule has 1 atom stereocenters. The SMILES string of the molecule is CCOc1ccccc1-c1nnc(SC(CC)C(=O)NCc2ccccc2)o1. The molecule has 0 aliphatic rings. The molecule has 3 rings (SSSR count). The number of hydrogen-bond acceptors (Lipinski definition) is 6. The second kappa shape index (κ2) is 9.94. The Morgan fingerprint density at radius 1 is 1.11 bits per heavy atom. The second-order valence-electron chi connectivity index (χ2n) is 6.02. The van der Waals surface area contributed by atoms with Gasteiger partial charge in [0.1, 0.15) is 5.75 Å². The molecular weight excluding hydrogens is 374 g/mol. The van der Waals surface area contributed by atoms with Crippen LogP contribution in [-0.2, 0) is 11.3 Å². The molecule has 0 fully saturated rings. The minimum absolute atomic E-state index is 0.0502. The molecular formula is C21H23N3O3S. The Morgan fingerprint density at radius 3 is 2.61 bits per heavy atom. The number of thioether (sulfide) groups is 1. The molecule has 28 heavy (non-hydrogen) atoms. The fraction of sp³-hybridized carbons (Fsp3) is 0.286. The lowest BCUT2D eigenvalue weighted by Crippen LogP contribution is -2.31. The highest BCUT2D eigenvalue weighted by Gasteiger charge is 2.22. The van der Waals surface area contributed by atoms with Gasteiger partial charge in [-0.2, -0.15) is 0 Å². The fourth-order valence-corrected chi connectivity index (χ4v) is 3.45. The standard InChI is InChI=1S/C21H23N3O3S/c1-3-18(19(25)22-14-15-10-6-5-7-11-15)28-21-24-23-20(27-21)16-12-8-9-13-17(16)26-4-2/h5-13,18H,3-4,14H2,1-2H3,(H,22,25). The Morgan fingerprint density at radius 2 is 1.86 bits per heavy atom. The van der Waals surface area contributed by atoms with Gasteiger partial charge in [0.25, 0.3) is 11.1 Å². The molecule has 1 heterocycles. The third-order valence-electron chi connectivity index (χ3n) is 4.04. The van der Waals surface area contributed by atoms with E-state index in [1.165, 1.54) is 11.8 Å². The van der Waals surface area contributed by atoms with Gasteiger partial charge in [0.15, 0.2) is 0 Å². The van der Waals surface area contributed by atoms with Gasteiger partial charge in [0.2, 0.25) is 5.91 Å². The number of carbonyl (C=O) groups is 1. The number of rotatable bonds is 9. The van der Waals surface area contributed by atoms with Gasteiger partial charge in [-0.1, -0.05) is 61.2 Å². The summed E-state index contributed by atoms with van der Waals surface area (Å²) in [6, 6.07) is 17.3. The first-order valence-electron chi connectivity index (χ1n) is 9.25. The van der Waals surface area contributed by atoms with Crippen LogP contribution >= 0.6 is 11.8 Å². The van der Waals surface area contributed by atoms with E-state index in [2.05, 4.69) is 15.5 Å². The number of nitrogens with one attached hydrogen (secondary N) is 1. The minimum atomic E-state index is -0.306. The molecule has 0 saturated heterocycles. The molecule has 0 saturated carbocycles. The van der Waals surface area contributed by atoms with Gasteiger partial charge in [-0.25, -0.2) is 0 Å². The summed E-state index contributed by atoms with van der Waals surface area (Å²) >= 11 is 1.27. The van der Waals surface area contributed by atoms with Crippen molar-refractivity contribution in [2.75, 3.05) is 6.61 Å². The molecule has 1 aromatic heterocycles. The topological polar surface area (TPSA) is 77.2 Å². The van der Waals surface area contributed by atoms with Gasteiger partial charge in [-0.3, -0.25) is 4.79 Å². The van der Waals surface area contributed by atoms with Crippen molar-refractivity contribution in [3.05, 3.63) is 60.2 Å². The van der Waals surface area contributed by atoms with E-state index in [0.717, 1.165) is 11.1 Å². The maximum absolute atomic E-state index is 12.5. The van der Waals surface area contributed by atoms with Crippen LogP contribution in [0.3, 0.4) is 0 Å². The van der Waals surface area contributed by atoms with Gasteiger partial charge in [-0.05, 0) is 31.0 Å². The lowest BCUT2D eigenvalue weighted by molar-refractivity contribution is -0.120. The normalized spacial score (nSPS) is 11.8. The van der Waals surface area contributed by atoms with Gasteiger partial charge < -0.3 is 14.5 Å². The van der Waals surface area contributed by atoms with Crippen LogP contribution < -0.4 is 10.1 Å². The van der Waals surface area contributed by atoms with Crippen LogP contribution in [0.1, 0.15) is 25.8 Å². The predicted molar refractivity (Wildman–Crippen MR) is 109 cm³/mol. The van der Waals surface area contributed by atoms with Crippen molar-refractivity contribution in [3.8, 4) is 17.2 Å². The first-order valence-corrected chi connectivity index (χ1v) is 10.1. The Bertz CT molecular complexity index is 899. The number of para-hydroxylation sites is 1. The highest BCUT2D eigenvalue weighted by Crippen LogP contribution is 2.32. The van der Waals surface area contributed by atoms with Crippen LogP contribution in [0.4, 0.5) is 0 Å². The van der Waals surface area contributed by atoms with Crippen molar-refractivity contribution in [1.82, 2.24) is 15.5 Å². The Labute approximate surface area is 168 Å². The van der Waals surface area contributed by atoms with Crippen LogP contribution in [-0.4, -0.2) is 28.0 Å². The van der Waals surface area contributed by atoms with E-state index in [1.807, 2.05) is 68.4 Å². The smallest absolute Gasteiger partial charge is 0.277 e. The Balaban J connectivity index is 1.65. The summed E-state index contributed by atoms with van der Waals surface area (Å²) in [5.41, 5.74) is 1.80.